The summed E-state index contributed by atoms with van der Waals surface area (Å²) in [5, 5.41) is 0. The first-order valence-electron chi connectivity index (χ1n) is 26.8. The van der Waals surface area contributed by atoms with E-state index in [2.05, 4.69) is 45.1 Å². The van der Waals surface area contributed by atoms with Crippen LogP contribution in [0.15, 0.2) is 24.3 Å². The van der Waals surface area contributed by atoms with Gasteiger partial charge in [0.2, 0.25) is 0 Å². The number of carbonyl (C=O) groups excluding carboxylic acids is 3. The molecule has 0 saturated heterocycles. The molecule has 0 aromatic carbocycles. The highest BCUT2D eigenvalue weighted by molar-refractivity contribution is 5.71. The molecule has 0 saturated carbocycles. The van der Waals surface area contributed by atoms with Gasteiger partial charge in [-0.1, -0.05) is 225 Å². The molecule has 0 amide bonds. The maximum absolute atomic E-state index is 12.8. The minimum absolute atomic E-state index is 0.0736. The van der Waals surface area contributed by atoms with E-state index in [0.29, 0.717) is 19.3 Å². The lowest BCUT2D eigenvalue weighted by atomic mass is 10.1. The molecular formula is C55H102O6. The Morgan fingerprint density at radius 1 is 0.311 bits per heavy atom. The van der Waals surface area contributed by atoms with E-state index in [4.69, 9.17) is 14.2 Å². The average molecular weight is 859 g/mol. The monoisotopic (exact) mass is 859 g/mol. The molecule has 0 rings (SSSR count). The summed E-state index contributed by atoms with van der Waals surface area (Å²) in [6.45, 7) is 6.64. The van der Waals surface area contributed by atoms with Crippen LogP contribution < -0.4 is 0 Å². The maximum Gasteiger partial charge on any atom is 0.306 e. The molecule has 0 heterocycles. The van der Waals surface area contributed by atoms with Crippen molar-refractivity contribution in [2.45, 2.75) is 297 Å². The highest BCUT2D eigenvalue weighted by atomic mass is 16.6. The Hall–Kier alpha value is -2.11. The van der Waals surface area contributed by atoms with Crippen LogP contribution in [-0.2, 0) is 28.6 Å². The van der Waals surface area contributed by atoms with Gasteiger partial charge in [-0.25, -0.2) is 0 Å². The summed E-state index contributed by atoms with van der Waals surface area (Å²) in [7, 11) is 0. The first-order valence-corrected chi connectivity index (χ1v) is 26.8. The fourth-order valence-corrected chi connectivity index (χ4v) is 7.84. The lowest BCUT2D eigenvalue weighted by molar-refractivity contribution is -0.167. The lowest BCUT2D eigenvalue weighted by Gasteiger charge is -2.18. The van der Waals surface area contributed by atoms with E-state index < -0.39 is 6.10 Å². The van der Waals surface area contributed by atoms with E-state index in [1.807, 2.05) is 0 Å². The van der Waals surface area contributed by atoms with Gasteiger partial charge in [-0.15, -0.1) is 0 Å². The quantitative estimate of drug-likeness (QED) is 0.0262. The van der Waals surface area contributed by atoms with E-state index in [0.717, 1.165) is 70.6 Å². The summed E-state index contributed by atoms with van der Waals surface area (Å²) in [4.78, 5) is 38.0. The normalized spacial score (nSPS) is 12.1. The molecule has 6 heteroatoms. The van der Waals surface area contributed by atoms with Crippen LogP contribution in [0.1, 0.15) is 290 Å². The smallest absolute Gasteiger partial charge is 0.306 e. The molecule has 0 aliphatic rings. The van der Waals surface area contributed by atoms with Crippen LogP contribution in [0.4, 0.5) is 0 Å². The van der Waals surface area contributed by atoms with Gasteiger partial charge >= 0.3 is 17.9 Å². The summed E-state index contributed by atoms with van der Waals surface area (Å²) < 4.78 is 16.8. The van der Waals surface area contributed by atoms with Crippen LogP contribution >= 0.6 is 0 Å². The van der Waals surface area contributed by atoms with Crippen LogP contribution in [0.3, 0.4) is 0 Å². The van der Waals surface area contributed by atoms with Crippen molar-refractivity contribution in [1.82, 2.24) is 0 Å². The van der Waals surface area contributed by atoms with Crippen molar-refractivity contribution in [3.05, 3.63) is 24.3 Å². The summed E-state index contributed by atoms with van der Waals surface area (Å²) >= 11 is 0. The molecule has 0 aliphatic carbocycles. The van der Waals surface area contributed by atoms with E-state index in [1.54, 1.807) is 0 Å². The van der Waals surface area contributed by atoms with Crippen molar-refractivity contribution in [1.29, 1.82) is 0 Å². The predicted molar refractivity (Wildman–Crippen MR) is 261 cm³/mol. The van der Waals surface area contributed by atoms with Gasteiger partial charge in [0.25, 0.3) is 0 Å². The molecule has 358 valence electrons. The third-order valence-electron chi connectivity index (χ3n) is 11.9. The topological polar surface area (TPSA) is 78.9 Å². The fourth-order valence-electron chi connectivity index (χ4n) is 7.84. The second kappa shape index (κ2) is 50.5. The Balaban J connectivity index is 4.35. The summed E-state index contributed by atoms with van der Waals surface area (Å²) in [5.41, 5.74) is 0. The van der Waals surface area contributed by atoms with Crippen LogP contribution in [0, 0.1) is 0 Å². The molecule has 0 fully saturated rings. The molecule has 0 aliphatic heterocycles. The average Bonchev–Trinajstić information content (AvgIpc) is 3.26. The number of esters is 3. The second-order valence-corrected chi connectivity index (χ2v) is 18.1. The van der Waals surface area contributed by atoms with Gasteiger partial charge in [0, 0.05) is 19.3 Å². The van der Waals surface area contributed by atoms with Gasteiger partial charge in [-0.3, -0.25) is 14.4 Å². The highest BCUT2D eigenvalue weighted by Gasteiger charge is 2.19. The number of hydrogen-bond donors (Lipinski definition) is 0. The lowest BCUT2D eigenvalue weighted by Crippen LogP contribution is -2.30. The Morgan fingerprint density at radius 2 is 0.541 bits per heavy atom. The molecule has 0 radical (unpaired) electrons. The molecule has 0 aromatic heterocycles. The summed E-state index contributed by atoms with van der Waals surface area (Å²) in [6, 6.07) is 0. The van der Waals surface area contributed by atoms with E-state index >= 15 is 0 Å². The maximum atomic E-state index is 12.8. The van der Waals surface area contributed by atoms with E-state index in [9.17, 15) is 14.4 Å². The van der Waals surface area contributed by atoms with Gasteiger partial charge in [0.1, 0.15) is 13.2 Å². The molecule has 1 atom stereocenters. The minimum atomic E-state index is -0.774. The standard InChI is InChI=1S/C55H102O6/c1-4-7-10-13-16-19-22-24-26-28-30-33-36-39-42-45-48-54(57)60-51-52(50-59-53(56)47-44-41-38-35-32-21-18-15-12-9-6-3)61-55(58)49-46-43-40-37-34-31-29-27-25-23-20-17-14-11-8-5-2/h26-29,52H,4-25,30-51H2,1-3H3/b28-26-,29-27-/t52-/m1/s1. The highest BCUT2D eigenvalue weighted by Crippen LogP contribution is 2.15. The molecule has 0 bridgehead atoms. The van der Waals surface area contributed by atoms with Crippen molar-refractivity contribution in [2.24, 2.45) is 0 Å². The third-order valence-corrected chi connectivity index (χ3v) is 11.9. The Kier molecular flexibility index (Phi) is 48.8. The van der Waals surface area contributed by atoms with Crippen LogP contribution in [0.5, 0.6) is 0 Å². The number of ether oxygens (including phenoxy) is 3. The molecule has 0 unspecified atom stereocenters. The van der Waals surface area contributed by atoms with Gasteiger partial charge in [0.05, 0.1) is 0 Å². The zero-order chi connectivity index (χ0) is 44.4. The van der Waals surface area contributed by atoms with Crippen LogP contribution in [0.2, 0.25) is 0 Å². The van der Waals surface area contributed by atoms with Gasteiger partial charge < -0.3 is 14.2 Å². The van der Waals surface area contributed by atoms with Crippen molar-refractivity contribution >= 4 is 17.9 Å². The zero-order valence-electron chi connectivity index (χ0n) is 40.9. The molecule has 0 aromatic rings. The molecule has 61 heavy (non-hydrogen) atoms. The van der Waals surface area contributed by atoms with Crippen LogP contribution in [0.25, 0.3) is 0 Å². The van der Waals surface area contributed by atoms with Crippen molar-refractivity contribution in [3.63, 3.8) is 0 Å². The number of rotatable bonds is 49. The number of hydrogen-bond acceptors (Lipinski definition) is 6. The first-order chi connectivity index (χ1) is 30.0. The molecule has 0 N–H and O–H groups in total. The third kappa shape index (κ3) is 48.8. The summed E-state index contributed by atoms with van der Waals surface area (Å²) in [6.07, 6.45) is 57.3. The number of carbonyl (C=O) groups is 3. The van der Waals surface area contributed by atoms with Crippen molar-refractivity contribution in [2.75, 3.05) is 13.2 Å². The van der Waals surface area contributed by atoms with Gasteiger partial charge in [-0.2, -0.15) is 0 Å². The Bertz CT molecular complexity index is 989. The molecule has 0 spiro atoms. The molecule has 6 nitrogen and oxygen atoms in total. The minimum Gasteiger partial charge on any atom is -0.462 e. The largest absolute Gasteiger partial charge is 0.462 e. The van der Waals surface area contributed by atoms with Crippen molar-refractivity contribution < 1.29 is 28.6 Å². The Labute approximate surface area is 379 Å². The van der Waals surface area contributed by atoms with Crippen molar-refractivity contribution in [3.8, 4) is 0 Å². The second-order valence-electron chi connectivity index (χ2n) is 18.1. The SMILES string of the molecule is CCCCCCCCC/C=C\CCCCCCCC(=O)OC[C@@H](COC(=O)CCCCCCCCCCCCC)OC(=O)CCCCCCC/C=C\CCCCCCCCC. The van der Waals surface area contributed by atoms with Crippen LogP contribution in [-0.4, -0.2) is 37.2 Å². The van der Waals surface area contributed by atoms with Gasteiger partial charge in [0.15, 0.2) is 6.10 Å². The fraction of sp³-hybridized carbons (Fsp3) is 0.873. The Morgan fingerprint density at radius 3 is 0.820 bits per heavy atom. The van der Waals surface area contributed by atoms with Gasteiger partial charge in [-0.05, 0) is 70.6 Å². The zero-order valence-corrected chi connectivity index (χ0v) is 40.9. The predicted octanol–water partition coefficient (Wildman–Crippen LogP) is 17.5. The number of allylic oxidation sites excluding steroid dienone is 4. The first kappa shape index (κ1) is 58.9. The van der Waals surface area contributed by atoms with E-state index in [1.165, 1.54) is 180 Å². The summed E-state index contributed by atoms with van der Waals surface area (Å²) in [5.74, 6) is -0.878. The molecular weight excluding hydrogens is 757 g/mol. The number of unbranched alkanes of at least 4 members (excludes halogenated alkanes) is 34. The van der Waals surface area contributed by atoms with E-state index in [-0.39, 0.29) is 31.1 Å².